The van der Waals surface area contributed by atoms with Crippen LogP contribution >= 0.6 is 0 Å². The zero-order chi connectivity index (χ0) is 48.1. The molecule has 0 radical (unpaired) electrons. The molecule has 0 N–H and O–H groups in total. The Balaban J connectivity index is 0.901. The van der Waals surface area contributed by atoms with Crippen molar-refractivity contribution in [2.75, 3.05) is 4.90 Å². The third-order valence-corrected chi connectivity index (χ3v) is 21.2. The van der Waals surface area contributed by atoms with Crippen LogP contribution in [0.5, 0.6) is 0 Å². The van der Waals surface area contributed by atoms with Crippen LogP contribution in [0.1, 0.15) is 22.3 Å². The molecule has 0 bridgehead atoms. The van der Waals surface area contributed by atoms with E-state index >= 15 is 0 Å². The van der Waals surface area contributed by atoms with E-state index in [1.54, 1.807) is 0 Å². The SMILES string of the molecule is c1ccc([Si]2(c3cccc(-c4ccc(N(c5ccc(-c6ccc7ccccc7c6)cc5)c5cccc6c5-c5ccccc5C65c6ccccc6-c6ccccc65)cc4)c3)c3ccccc3-c3ccccc32)cc1. The van der Waals surface area contributed by atoms with E-state index in [9.17, 15) is 0 Å². The van der Waals surface area contributed by atoms with Gasteiger partial charge in [-0.3, -0.25) is 0 Å². The summed E-state index contributed by atoms with van der Waals surface area (Å²) in [6.45, 7) is 0. The van der Waals surface area contributed by atoms with Gasteiger partial charge < -0.3 is 4.90 Å². The smallest absolute Gasteiger partial charge is 0.180 e. The van der Waals surface area contributed by atoms with Crippen LogP contribution in [0.25, 0.3) is 66.4 Å². The minimum absolute atomic E-state index is 0.448. The molecule has 12 aromatic rings. The average Bonchev–Trinajstić information content (AvgIpc) is 4.10. The second-order valence-electron chi connectivity index (χ2n) is 19.9. The van der Waals surface area contributed by atoms with E-state index in [1.807, 2.05) is 0 Å². The molecule has 0 saturated heterocycles. The number of hydrogen-bond acceptors (Lipinski definition) is 1. The highest BCUT2D eigenvalue weighted by atomic mass is 28.3. The zero-order valence-electron chi connectivity index (χ0n) is 40.1. The molecule has 73 heavy (non-hydrogen) atoms. The Morgan fingerprint density at radius 2 is 0.726 bits per heavy atom. The number of rotatable bonds is 7. The molecule has 340 valence electrons. The summed E-state index contributed by atoms with van der Waals surface area (Å²) in [4.78, 5) is 2.50. The van der Waals surface area contributed by atoms with Crippen LogP contribution in [0.15, 0.2) is 285 Å². The van der Waals surface area contributed by atoms with Gasteiger partial charge in [0.05, 0.1) is 11.1 Å². The summed E-state index contributed by atoms with van der Waals surface area (Å²) in [5, 5.41) is 8.22. The van der Waals surface area contributed by atoms with Gasteiger partial charge in [-0.2, -0.15) is 0 Å². The van der Waals surface area contributed by atoms with Crippen LogP contribution in [0, 0.1) is 0 Å². The Hall–Kier alpha value is -9.08. The molecule has 1 aliphatic heterocycles. The van der Waals surface area contributed by atoms with E-state index in [0.29, 0.717) is 0 Å². The van der Waals surface area contributed by atoms with Gasteiger partial charge in [0.1, 0.15) is 0 Å². The molecule has 1 nitrogen and oxygen atoms in total. The average molecular weight is 942 g/mol. The quantitative estimate of drug-likeness (QED) is 0.144. The molecule has 12 aromatic carbocycles. The van der Waals surface area contributed by atoms with Crippen molar-refractivity contribution >= 4 is 56.7 Å². The number of nitrogens with zero attached hydrogens (tertiary/aromatic N) is 1. The van der Waals surface area contributed by atoms with Gasteiger partial charge >= 0.3 is 0 Å². The number of anilines is 3. The lowest BCUT2D eigenvalue weighted by Crippen LogP contribution is -2.72. The molecule has 15 rings (SSSR count). The molecule has 2 aliphatic carbocycles. The minimum atomic E-state index is -2.66. The molecular weight excluding hydrogens is 895 g/mol. The molecule has 3 aliphatic rings. The highest BCUT2D eigenvalue weighted by molar-refractivity contribution is 7.22. The van der Waals surface area contributed by atoms with E-state index in [1.165, 1.54) is 109 Å². The minimum Gasteiger partial charge on any atom is -0.310 e. The Bertz CT molecular complexity index is 4060. The summed E-state index contributed by atoms with van der Waals surface area (Å²) in [6, 6.07) is 107. The molecule has 2 heteroatoms. The fraction of sp³-hybridized carbons (Fsp3) is 0.0141. The predicted molar refractivity (Wildman–Crippen MR) is 308 cm³/mol. The van der Waals surface area contributed by atoms with Crippen molar-refractivity contribution in [1.82, 2.24) is 0 Å². The maximum atomic E-state index is 2.50. The highest BCUT2D eigenvalue weighted by Gasteiger charge is 2.52. The first-order valence-electron chi connectivity index (χ1n) is 25.5. The van der Waals surface area contributed by atoms with Crippen LogP contribution in [0.4, 0.5) is 17.1 Å². The molecule has 0 fully saturated rings. The van der Waals surface area contributed by atoms with Gasteiger partial charge in [0.25, 0.3) is 0 Å². The van der Waals surface area contributed by atoms with Gasteiger partial charge in [0.15, 0.2) is 8.07 Å². The molecule has 1 heterocycles. The van der Waals surface area contributed by atoms with Crippen molar-refractivity contribution in [3.63, 3.8) is 0 Å². The Kier molecular flexibility index (Phi) is 9.26. The van der Waals surface area contributed by atoms with Crippen LogP contribution in [0.3, 0.4) is 0 Å². The first kappa shape index (κ1) is 41.7. The Morgan fingerprint density at radius 3 is 1.36 bits per heavy atom. The van der Waals surface area contributed by atoms with E-state index < -0.39 is 13.5 Å². The lowest BCUT2D eigenvalue weighted by molar-refractivity contribution is 0.794. The van der Waals surface area contributed by atoms with E-state index in [2.05, 4.69) is 290 Å². The summed E-state index contributed by atoms with van der Waals surface area (Å²) in [5.41, 5.74) is 21.0. The first-order valence-corrected chi connectivity index (χ1v) is 27.5. The topological polar surface area (TPSA) is 3.24 Å². The van der Waals surface area contributed by atoms with Crippen LogP contribution in [-0.4, -0.2) is 8.07 Å². The third-order valence-electron chi connectivity index (χ3n) is 16.4. The van der Waals surface area contributed by atoms with Gasteiger partial charge in [0.2, 0.25) is 0 Å². The summed E-state index contributed by atoms with van der Waals surface area (Å²) in [7, 11) is -2.66. The standard InChI is InChI=1S/C71H47NSi/c1-2-21-56(22-3-1)73(68-34-14-9-26-60(68)61-27-10-15-35-69(61)73)57-23-16-20-52(47-57)49-38-42-54(43-39-49)72(55-44-40-50(41-45-55)53-37-36-48-18-4-5-19-51(48)46-53)67-33-17-32-66-70(67)62-28-8-13-31-65(62)71(66)63-29-11-6-24-58(63)59-25-7-12-30-64(59)71/h1-47H. The van der Waals surface area contributed by atoms with Gasteiger partial charge in [-0.1, -0.05) is 249 Å². The largest absolute Gasteiger partial charge is 0.310 e. The summed E-state index contributed by atoms with van der Waals surface area (Å²) < 4.78 is 0. The molecule has 0 atom stereocenters. The molecular formula is C71H47NSi. The molecule has 0 aromatic heterocycles. The summed E-state index contributed by atoms with van der Waals surface area (Å²) in [5.74, 6) is 0. The highest BCUT2D eigenvalue weighted by Crippen LogP contribution is 2.64. The molecule has 0 saturated carbocycles. The van der Waals surface area contributed by atoms with Crippen molar-refractivity contribution in [3.05, 3.63) is 307 Å². The van der Waals surface area contributed by atoms with Crippen LogP contribution < -0.4 is 25.6 Å². The fourth-order valence-electron chi connectivity index (χ4n) is 13.4. The number of hydrogen-bond donors (Lipinski definition) is 0. The molecule has 0 amide bonds. The molecule has 0 unspecified atom stereocenters. The van der Waals surface area contributed by atoms with Crippen molar-refractivity contribution in [2.24, 2.45) is 0 Å². The number of fused-ring (bicyclic) bond motifs is 14. The van der Waals surface area contributed by atoms with E-state index in [4.69, 9.17) is 0 Å². The second-order valence-corrected chi connectivity index (χ2v) is 23.6. The van der Waals surface area contributed by atoms with E-state index in [0.717, 1.165) is 17.1 Å². The maximum absolute atomic E-state index is 2.66. The maximum Gasteiger partial charge on any atom is 0.180 e. The summed E-state index contributed by atoms with van der Waals surface area (Å²) in [6.07, 6.45) is 0. The van der Waals surface area contributed by atoms with Crippen molar-refractivity contribution in [1.29, 1.82) is 0 Å². The van der Waals surface area contributed by atoms with E-state index in [-0.39, 0.29) is 0 Å². The third kappa shape index (κ3) is 5.96. The van der Waals surface area contributed by atoms with Gasteiger partial charge in [-0.25, -0.2) is 0 Å². The van der Waals surface area contributed by atoms with Crippen molar-refractivity contribution in [2.45, 2.75) is 5.41 Å². The summed E-state index contributed by atoms with van der Waals surface area (Å²) >= 11 is 0. The Morgan fingerprint density at radius 1 is 0.274 bits per heavy atom. The van der Waals surface area contributed by atoms with Gasteiger partial charge in [0, 0.05) is 16.9 Å². The Labute approximate surface area is 427 Å². The van der Waals surface area contributed by atoms with Gasteiger partial charge in [-0.15, -0.1) is 0 Å². The van der Waals surface area contributed by atoms with Crippen LogP contribution in [0.2, 0.25) is 0 Å². The normalized spacial score (nSPS) is 13.7. The van der Waals surface area contributed by atoms with Crippen LogP contribution in [-0.2, 0) is 5.41 Å². The van der Waals surface area contributed by atoms with Gasteiger partial charge in [-0.05, 0) is 140 Å². The first-order chi connectivity index (χ1) is 36.2. The zero-order valence-corrected chi connectivity index (χ0v) is 41.1. The number of benzene rings is 12. The predicted octanol–water partition coefficient (Wildman–Crippen LogP) is 15.3. The lowest BCUT2D eigenvalue weighted by Gasteiger charge is -2.32. The molecule has 1 spiro atoms. The fourth-order valence-corrected chi connectivity index (χ4v) is 18.6. The second kappa shape index (κ2) is 16.2. The monoisotopic (exact) mass is 941 g/mol. The van der Waals surface area contributed by atoms with Crippen molar-refractivity contribution < 1.29 is 0 Å². The van der Waals surface area contributed by atoms with Crippen molar-refractivity contribution in [3.8, 4) is 55.6 Å². The lowest BCUT2D eigenvalue weighted by atomic mass is 9.70.